The largest absolute Gasteiger partial charge is 0.411 e. The fraction of sp³-hybridized carbons (Fsp3) is 0.135. The SMILES string of the molecule is Cc1ccc(C(c2ccc(-c3c(F)c(F)c(Cc4c(F)c(F)c(-c5nc6ccc(-c7ccc8nc(C)[nH]c8c7)cc6[nH]5)c(F)c4F)c(F)c3F)cc2)(C(F)(F)F)C(F)(F)F)cc1.Cc1ccc(C(c2ccc(-c3nc4ccc(-c5ccc6nc(C)[nH]c6c5)cc4[nH]3)cc2)(C(F)(F)F)C(F)(F)F)cc1.Cc1nc2ccc(-c3ccc4nc(-c5c(F)c(F)c(Cc6c(F)c(F)c(C)c(F)c6F)c(F)c5F)[nH]c4c3)cc2[nH]1. The number of fused-ring (bicyclic) bond motifs is 6. The van der Waals surface area contributed by atoms with Crippen LogP contribution in [0.3, 0.4) is 0 Å². The summed E-state index contributed by atoms with van der Waals surface area (Å²) >= 11 is 0. The smallest absolute Gasteiger partial charge is 0.342 e. The Morgan fingerprint density at radius 3 is 0.660 bits per heavy atom. The fourth-order valence-electron chi connectivity index (χ4n) is 17.7. The van der Waals surface area contributed by atoms with Crippen molar-refractivity contribution in [2.75, 3.05) is 0 Å². The summed E-state index contributed by atoms with van der Waals surface area (Å²) in [5.41, 5.74) is -13.2. The van der Waals surface area contributed by atoms with Crippen LogP contribution in [0.25, 0.3) is 145 Å². The third-order valence-corrected chi connectivity index (χ3v) is 24.9. The average Bonchev–Trinajstić information content (AvgIpc) is 1.07. The average molecular weight is 2010 g/mol. The van der Waals surface area contributed by atoms with Gasteiger partial charge in [-0.1, -0.05) is 145 Å². The minimum atomic E-state index is -6.03. The van der Waals surface area contributed by atoms with Gasteiger partial charge in [0.25, 0.3) is 0 Å². The molecule has 6 aromatic heterocycles. The van der Waals surface area contributed by atoms with Gasteiger partial charge >= 0.3 is 24.7 Å². The number of aromatic amines is 6. The Bertz CT molecular complexity index is 8390. The maximum Gasteiger partial charge on any atom is 0.411 e. The van der Waals surface area contributed by atoms with E-state index in [2.05, 4.69) is 59.8 Å². The van der Waals surface area contributed by atoms with Gasteiger partial charge < -0.3 is 29.9 Å². The molecule has 0 fully saturated rings. The highest BCUT2D eigenvalue weighted by atomic mass is 19.4. The van der Waals surface area contributed by atoms with Crippen molar-refractivity contribution in [2.24, 2.45) is 0 Å². The Labute approximate surface area is 792 Å². The van der Waals surface area contributed by atoms with E-state index in [9.17, 15) is 70.2 Å². The first-order valence-electron chi connectivity index (χ1n) is 42.9. The molecular weight excluding hydrogens is 1950 g/mol. The molecule has 6 N–H and O–H groups in total. The maximum absolute atomic E-state index is 15.6. The lowest BCUT2D eigenvalue weighted by molar-refractivity contribution is -0.290. The Balaban J connectivity index is 0.000000147. The first-order valence-corrected chi connectivity index (χ1v) is 42.9. The number of H-pyrrole nitrogens is 6. The quantitative estimate of drug-likeness (QED) is 0.0440. The molecule has 734 valence electrons. The van der Waals surface area contributed by atoms with Gasteiger partial charge in [-0.2, -0.15) is 52.7 Å². The lowest BCUT2D eigenvalue weighted by atomic mass is 9.72. The van der Waals surface area contributed by atoms with Crippen LogP contribution in [-0.4, -0.2) is 84.5 Å². The van der Waals surface area contributed by atoms with Crippen molar-refractivity contribution in [1.82, 2.24) is 59.8 Å². The summed E-state index contributed by atoms with van der Waals surface area (Å²) < 4.78 is 415. The molecule has 0 aliphatic rings. The molecular formula is C104H62F28N12. The van der Waals surface area contributed by atoms with E-state index in [1.54, 1.807) is 62.4 Å². The molecule has 144 heavy (non-hydrogen) atoms. The van der Waals surface area contributed by atoms with Crippen molar-refractivity contribution in [3.63, 3.8) is 0 Å². The lowest BCUT2D eigenvalue weighted by Gasteiger charge is -2.38. The van der Waals surface area contributed by atoms with Crippen LogP contribution in [0.1, 0.15) is 78.7 Å². The molecule has 12 nitrogen and oxygen atoms in total. The number of rotatable bonds is 15. The number of nitrogens with zero attached hydrogens (tertiary/aromatic N) is 6. The summed E-state index contributed by atoms with van der Waals surface area (Å²) in [7, 11) is 0. The summed E-state index contributed by atoms with van der Waals surface area (Å²) in [6.45, 7) is 9.22. The van der Waals surface area contributed by atoms with Crippen molar-refractivity contribution in [3.8, 4) is 78.7 Å². The highest BCUT2D eigenvalue weighted by molar-refractivity contribution is 5.92. The molecule has 40 heteroatoms. The zero-order valence-electron chi connectivity index (χ0n) is 74.3. The summed E-state index contributed by atoms with van der Waals surface area (Å²) in [6.07, 6.45) is -26.7. The normalized spacial score (nSPS) is 12.4. The number of halogens is 28. The minimum absolute atomic E-state index is 0.113. The molecule has 0 atom stereocenters. The van der Waals surface area contributed by atoms with E-state index in [-0.39, 0.29) is 34.2 Å². The van der Waals surface area contributed by atoms with Gasteiger partial charge in [0.05, 0.1) is 82.9 Å². The molecule has 14 aromatic carbocycles. The lowest BCUT2D eigenvalue weighted by Crippen LogP contribution is -2.54. The highest BCUT2D eigenvalue weighted by Gasteiger charge is 2.74. The number of nitrogens with one attached hydrogen (secondary N) is 6. The highest BCUT2D eigenvalue weighted by Crippen LogP contribution is 2.59. The summed E-state index contributed by atoms with van der Waals surface area (Å²) in [6, 6.07) is 44.5. The minimum Gasteiger partial charge on any atom is -0.342 e. The molecule has 0 saturated heterocycles. The fourth-order valence-corrected chi connectivity index (χ4v) is 17.7. The third kappa shape index (κ3) is 16.8. The number of aromatic nitrogens is 12. The van der Waals surface area contributed by atoms with Crippen molar-refractivity contribution in [3.05, 3.63) is 378 Å². The number of hydrogen-bond acceptors (Lipinski definition) is 6. The Kier molecular flexibility index (Phi) is 24.6. The van der Waals surface area contributed by atoms with Gasteiger partial charge in [0.15, 0.2) is 93.1 Å². The molecule has 0 bridgehead atoms. The van der Waals surface area contributed by atoms with Gasteiger partial charge in [0.1, 0.15) is 34.9 Å². The van der Waals surface area contributed by atoms with Crippen LogP contribution in [0.4, 0.5) is 123 Å². The summed E-state index contributed by atoms with van der Waals surface area (Å²) in [4.78, 5) is 43.4. The Hall–Kier alpha value is -16.1. The van der Waals surface area contributed by atoms with Gasteiger partial charge in [-0.05, 0) is 176 Å². The van der Waals surface area contributed by atoms with E-state index in [1.807, 2.05) is 62.4 Å². The summed E-state index contributed by atoms with van der Waals surface area (Å²) in [5.74, 6) is -31.8. The molecule has 0 radical (unpaired) electrons. The molecule has 0 amide bonds. The zero-order chi connectivity index (χ0) is 103. The van der Waals surface area contributed by atoms with Gasteiger partial charge in [-0.3, -0.25) is 0 Å². The van der Waals surface area contributed by atoms with Crippen LogP contribution in [0.5, 0.6) is 0 Å². The molecule has 0 aliphatic heterocycles. The zero-order valence-corrected chi connectivity index (χ0v) is 74.3. The van der Waals surface area contributed by atoms with Crippen molar-refractivity contribution in [2.45, 2.75) is 89.9 Å². The van der Waals surface area contributed by atoms with Crippen LogP contribution in [0, 0.1) is 135 Å². The van der Waals surface area contributed by atoms with E-state index in [0.29, 0.717) is 85.8 Å². The standard InChI is InChI=1S/C44H24F14N4.C31H22F6N4.C29H16F8N4/c1-18-3-9-23(10-4-18)42(43(53,54)55,44(56,57)58)24-11-5-20(6-12-24)31-37(49)33(45)25(34(46)38(31)50)17-26-35(47)39(51)32(40(52)36(26)48)41-61-28-14-8-22(16-30(28)62-41)21-7-13-27-29(15-21)60-19(2)59-27;1-17-3-9-22(10-4-17)29(30(32,33)34,31(35,36)37)23-11-5-19(6-12-23)28-40-25-14-8-21(16-27(25)41-28)20-7-13-24-26(15-20)39-18(2)38-24;1-10-21(30)23(32)14(24(33)22(10)31)9-15-25(34)27(36)20(28(37)26(15)35)29-40-17-6-4-13(8-19(17)41-29)12-3-5-16-18(7-12)39-11(2)38-16/h3-16H,17H2,1-2H3,(H,59,60)(H,61,62);3-16H,1-2H3,(H,38,39)(H,40,41);3-8H,9H2,1-2H3,(H,38,39)(H,40,41). The third-order valence-electron chi connectivity index (χ3n) is 24.9. The van der Waals surface area contributed by atoms with E-state index < -0.39 is 225 Å². The molecule has 20 aromatic rings. The van der Waals surface area contributed by atoms with Gasteiger partial charge in [0.2, 0.25) is 10.8 Å². The van der Waals surface area contributed by atoms with E-state index >= 15 is 52.7 Å². The van der Waals surface area contributed by atoms with Gasteiger partial charge in [0, 0.05) is 46.2 Å². The number of alkyl halides is 12. The Morgan fingerprint density at radius 1 is 0.201 bits per heavy atom. The molecule has 6 heterocycles. The topological polar surface area (TPSA) is 172 Å². The second-order valence-corrected chi connectivity index (χ2v) is 34.0. The molecule has 0 saturated carbocycles. The van der Waals surface area contributed by atoms with Crippen molar-refractivity contribution < 1.29 is 123 Å². The van der Waals surface area contributed by atoms with Crippen LogP contribution in [0.15, 0.2) is 206 Å². The molecule has 0 unspecified atom stereocenters. The first kappa shape index (κ1) is 98.1. The predicted molar refractivity (Wildman–Crippen MR) is 480 cm³/mol. The molecule has 20 rings (SSSR count). The van der Waals surface area contributed by atoms with Crippen LogP contribution in [0.2, 0.25) is 0 Å². The van der Waals surface area contributed by atoms with Crippen LogP contribution < -0.4 is 0 Å². The number of aryl methyl sites for hydroxylation is 5. The molecule has 0 spiro atoms. The second-order valence-electron chi connectivity index (χ2n) is 34.0. The van der Waals surface area contributed by atoms with Gasteiger partial charge in [-0.25, -0.2) is 100 Å². The first-order chi connectivity index (χ1) is 68.0. The monoisotopic (exact) mass is 2010 g/mol. The van der Waals surface area contributed by atoms with E-state index in [1.165, 1.54) is 43.3 Å². The van der Waals surface area contributed by atoms with E-state index in [4.69, 9.17) is 0 Å². The number of imidazole rings is 6. The maximum atomic E-state index is 15.6. The number of hydrogen-bond donors (Lipinski definition) is 6. The predicted octanol–water partition coefficient (Wildman–Crippen LogP) is 30.1. The second kappa shape index (κ2) is 36.2. The van der Waals surface area contributed by atoms with E-state index in [0.717, 1.165) is 99.2 Å². The van der Waals surface area contributed by atoms with Gasteiger partial charge in [-0.15, -0.1) is 0 Å². The van der Waals surface area contributed by atoms with Crippen molar-refractivity contribution in [1.29, 1.82) is 0 Å². The molecule has 0 aliphatic carbocycles. The number of benzene rings is 14. The van der Waals surface area contributed by atoms with Crippen LogP contribution >= 0.6 is 0 Å². The summed E-state index contributed by atoms with van der Waals surface area (Å²) in [5, 5.41) is 0. The van der Waals surface area contributed by atoms with Crippen molar-refractivity contribution >= 4 is 66.2 Å². The van der Waals surface area contributed by atoms with Crippen LogP contribution in [-0.2, 0) is 23.7 Å². The Morgan fingerprint density at radius 2 is 0.403 bits per heavy atom.